The first-order valence-corrected chi connectivity index (χ1v) is 13.4. The van der Waals surface area contributed by atoms with Crippen LogP contribution in [0.15, 0.2) is 36.5 Å². The quantitative estimate of drug-likeness (QED) is 0.589. The van der Waals surface area contributed by atoms with Gasteiger partial charge in [-0.1, -0.05) is 77.4 Å². The second-order valence-corrected chi connectivity index (χ2v) is 14.2. The number of rotatable bonds is 5. The van der Waals surface area contributed by atoms with Crippen LogP contribution in [0.2, 0.25) is 19.6 Å². The highest BCUT2D eigenvalue weighted by atomic mass is 28.3. The predicted octanol–water partition coefficient (Wildman–Crippen LogP) is 6.15. The summed E-state index contributed by atoms with van der Waals surface area (Å²) in [6, 6.07) is 11.3. The first-order valence-electron chi connectivity index (χ1n) is 9.94. The number of pyridine rings is 1. The Hall–Kier alpha value is -1.41. The highest BCUT2D eigenvalue weighted by molar-refractivity contribution is 6.89. The molecule has 1 aromatic carbocycles. The summed E-state index contributed by atoms with van der Waals surface area (Å²) in [7, 11) is -1.36. The van der Waals surface area contributed by atoms with E-state index in [4.69, 9.17) is 4.98 Å². The number of hydrogen-bond donors (Lipinski definition) is 0. The lowest BCUT2D eigenvalue weighted by molar-refractivity contribution is 0.547. The fourth-order valence-corrected chi connectivity index (χ4v) is 5.67. The number of benzene rings is 1. The SMILES string of the molecule is CC(C)c1cccc(-c2cc(CC3CCCC3)c([Si](C)(C)C)cn2)c1. The highest BCUT2D eigenvalue weighted by Crippen LogP contribution is 2.30. The van der Waals surface area contributed by atoms with Gasteiger partial charge in [0.05, 0.1) is 13.8 Å². The maximum Gasteiger partial charge on any atom is 0.0799 e. The molecule has 1 nitrogen and oxygen atoms in total. The zero-order valence-corrected chi connectivity index (χ0v) is 17.6. The van der Waals surface area contributed by atoms with Crippen molar-refractivity contribution in [1.82, 2.24) is 4.98 Å². The molecule has 1 saturated carbocycles. The van der Waals surface area contributed by atoms with Crippen molar-refractivity contribution in [3.05, 3.63) is 47.7 Å². The third-order valence-electron chi connectivity index (χ3n) is 5.63. The van der Waals surface area contributed by atoms with Crippen LogP contribution < -0.4 is 5.19 Å². The van der Waals surface area contributed by atoms with Crippen molar-refractivity contribution in [2.75, 3.05) is 0 Å². The summed E-state index contributed by atoms with van der Waals surface area (Å²) < 4.78 is 0. The molecule has 25 heavy (non-hydrogen) atoms. The number of hydrogen-bond acceptors (Lipinski definition) is 1. The van der Waals surface area contributed by atoms with Crippen molar-refractivity contribution < 1.29 is 0 Å². The molecule has 2 heteroatoms. The summed E-state index contributed by atoms with van der Waals surface area (Å²) in [4.78, 5) is 4.89. The Bertz CT molecular complexity index is 721. The van der Waals surface area contributed by atoms with Crippen LogP contribution >= 0.6 is 0 Å². The van der Waals surface area contributed by atoms with Crippen LogP contribution in [0.25, 0.3) is 11.3 Å². The minimum absolute atomic E-state index is 0.555. The fourth-order valence-electron chi connectivity index (χ4n) is 4.08. The molecule has 0 amide bonds. The maximum atomic E-state index is 4.89. The van der Waals surface area contributed by atoms with Gasteiger partial charge in [-0.3, -0.25) is 4.98 Å². The molecule has 1 heterocycles. The molecule has 1 aliphatic rings. The lowest BCUT2D eigenvalue weighted by Gasteiger charge is -2.23. The molecule has 0 radical (unpaired) electrons. The van der Waals surface area contributed by atoms with Crippen LogP contribution in [0.3, 0.4) is 0 Å². The first kappa shape index (κ1) is 18.4. The molecular formula is C23H33NSi. The summed E-state index contributed by atoms with van der Waals surface area (Å²) in [5.41, 5.74) is 5.38. The Labute approximate surface area is 154 Å². The van der Waals surface area contributed by atoms with Gasteiger partial charge in [0.2, 0.25) is 0 Å². The predicted molar refractivity (Wildman–Crippen MR) is 112 cm³/mol. The molecule has 2 aromatic rings. The zero-order chi connectivity index (χ0) is 18.0. The average molecular weight is 352 g/mol. The molecule has 0 atom stereocenters. The molecule has 3 rings (SSSR count). The van der Waals surface area contributed by atoms with Crippen LogP contribution in [-0.2, 0) is 6.42 Å². The maximum absolute atomic E-state index is 4.89. The Morgan fingerprint density at radius 1 is 1.08 bits per heavy atom. The van der Waals surface area contributed by atoms with E-state index in [1.54, 1.807) is 10.8 Å². The fraction of sp³-hybridized carbons (Fsp3) is 0.522. The van der Waals surface area contributed by atoms with Gasteiger partial charge in [0, 0.05) is 11.8 Å². The van der Waals surface area contributed by atoms with Crippen LogP contribution in [0, 0.1) is 5.92 Å². The minimum atomic E-state index is -1.36. The molecule has 134 valence electrons. The van der Waals surface area contributed by atoms with Crippen LogP contribution in [0.5, 0.6) is 0 Å². The second-order valence-electron chi connectivity index (χ2n) is 9.11. The molecule has 0 spiro atoms. The molecule has 0 N–H and O–H groups in total. The lowest BCUT2D eigenvalue weighted by Crippen LogP contribution is -2.41. The molecule has 1 aromatic heterocycles. The smallest absolute Gasteiger partial charge is 0.0799 e. The van der Waals surface area contributed by atoms with Gasteiger partial charge in [-0.15, -0.1) is 0 Å². The van der Waals surface area contributed by atoms with Crippen molar-refractivity contribution >= 4 is 13.3 Å². The van der Waals surface area contributed by atoms with Crippen molar-refractivity contribution in [1.29, 1.82) is 0 Å². The van der Waals surface area contributed by atoms with Crippen LogP contribution in [0.4, 0.5) is 0 Å². The van der Waals surface area contributed by atoms with Gasteiger partial charge >= 0.3 is 0 Å². The molecule has 1 fully saturated rings. The van der Waals surface area contributed by atoms with Crippen LogP contribution in [0.1, 0.15) is 56.6 Å². The Balaban J connectivity index is 1.99. The lowest BCUT2D eigenvalue weighted by atomic mass is 9.96. The summed E-state index contributed by atoms with van der Waals surface area (Å²) >= 11 is 0. The number of nitrogens with zero attached hydrogens (tertiary/aromatic N) is 1. The van der Waals surface area contributed by atoms with Gasteiger partial charge < -0.3 is 0 Å². The van der Waals surface area contributed by atoms with Crippen molar-refractivity contribution in [3.8, 4) is 11.3 Å². The van der Waals surface area contributed by atoms with E-state index < -0.39 is 8.07 Å². The third-order valence-corrected chi connectivity index (χ3v) is 7.70. The molecule has 1 aliphatic carbocycles. The normalized spacial score (nSPS) is 15.9. The van der Waals surface area contributed by atoms with Gasteiger partial charge in [0.25, 0.3) is 0 Å². The van der Waals surface area contributed by atoms with Crippen molar-refractivity contribution in [2.45, 2.75) is 71.5 Å². The average Bonchev–Trinajstić information content (AvgIpc) is 3.07. The summed E-state index contributed by atoms with van der Waals surface area (Å²) in [5, 5.41) is 1.56. The Morgan fingerprint density at radius 3 is 2.44 bits per heavy atom. The first-order chi connectivity index (χ1) is 11.8. The largest absolute Gasteiger partial charge is 0.256 e. The van der Waals surface area contributed by atoms with E-state index in [1.807, 2.05) is 0 Å². The van der Waals surface area contributed by atoms with Gasteiger partial charge in [-0.2, -0.15) is 0 Å². The topological polar surface area (TPSA) is 12.9 Å². The van der Waals surface area contributed by atoms with E-state index >= 15 is 0 Å². The van der Waals surface area contributed by atoms with E-state index in [2.05, 4.69) is 70.0 Å². The Morgan fingerprint density at radius 2 is 1.80 bits per heavy atom. The zero-order valence-electron chi connectivity index (χ0n) is 16.6. The third kappa shape index (κ3) is 4.41. The van der Waals surface area contributed by atoms with Gasteiger partial charge in [-0.05, 0) is 46.7 Å². The monoisotopic (exact) mass is 351 g/mol. The van der Waals surface area contributed by atoms with Gasteiger partial charge in [-0.25, -0.2) is 0 Å². The molecule has 0 aliphatic heterocycles. The highest BCUT2D eigenvalue weighted by Gasteiger charge is 2.24. The van der Waals surface area contributed by atoms with Crippen LogP contribution in [-0.4, -0.2) is 13.1 Å². The van der Waals surface area contributed by atoms with Crippen molar-refractivity contribution in [3.63, 3.8) is 0 Å². The van der Waals surface area contributed by atoms with Gasteiger partial charge in [0.1, 0.15) is 0 Å². The summed E-state index contributed by atoms with van der Waals surface area (Å²) in [5.74, 6) is 1.44. The standard InChI is InChI=1S/C23H33NSi/c1-17(2)19-11-8-12-20(14-19)22-15-21(13-18-9-6-7-10-18)23(16-24-22)25(3,4)5/h8,11-12,14-18H,6-7,9-10,13H2,1-5H3. The van der Waals surface area contributed by atoms with Crippen molar-refractivity contribution in [2.24, 2.45) is 5.92 Å². The molecule has 0 bridgehead atoms. The Kier molecular flexibility index (Phi) is 5.48. The summed E-state index contributed by atoms with van der Waals surface area (Å²) in [6.45, 7) is 11.8. The number of aromatic nitrogens is 1. The molecule has 0 unspecified atom stereocenters. The van der Waals surface area contributed by atoms with E-state index in [0.717, 1.165) is 11.6 Å². The van der Waals surface area contributed by atoms with Gasteiger partial charge in [0.15, 0.2) is 0 Å². The van der Waals surface area contributed by atoms with E-state index in [1.165, 1.54) is 43.2 Å². The summed E-state index contributed by atoms with van der Waals surface area (Å²) in [6.07, 6.45) is 9.10. The van der Waals surface area contributed by atoms with E-state index in [9.17, 15) is 0 Å². The molecular weight excluding hydrogens is 318 g/mol. The van der Waals surface area contributed by atoms with E-state index in [0.29, 0.717) is 5.92 Å². The molecule has 0 saturated heterocycles. The minimum Gasteiger partial charge on any atom is -0.256 e. The van der Waals surface area contributed by atoms with E-state index in [-0.39, 0.29) is 0 Å². The second kappa shape index (κ2) is 7.45.